The molecule has 0 aromatic heterocycles. The van der Waals surface area contributed by atoms with Gasteiger partial charge in [-0.1, -0.05) is 42.5 Å². The number of rotatable bonds is 5. The fourth-order valence-electron chi connectivity index (χ4n) is 2.68. The monoisotopic (exact) mass is 285 g/mol. The van der Waals surface area contributed by atoms with E-state index in [0.29, 0.717) is 13.0 Å². The number of hydrogen-bond acceptors (Lipinski definition) is 3. The molecular weight excluding hydrogens is 262 g/mol. The van der Waals surface area contributed by atoms with Crippen LogP contribution in [0.3, 0.4) is 0 Å². The van der Waals surface area contributed by atoms with Crippen LogP contribution in [0.5, 0.6) is 0 Å². The number of ether oxygens (including phenoxy) is 1. The van der Waals surface area contributed by atoms with E-state index in [0.717, 1.165) is 5.56 Å². The molecule has 112 valence electrons. The zero-order valence-electron chi connectivity index (χ0n) is 13.2. The summed E-state index contributed by atoms with van der Waals surface area (Å²) in [7, 11) is 4.00. The van der Waals surface area contributed by atoms with Gasteiger partial charge in [0.05, 0.1) is 18.6 Å². The minimum Gasteiger partial charge on any atom is -0.466 e. The number of esters is 1. The first-order chi connectivity index (χ1) is 9.99. The quantitative estimate of drug-likeness (QED) is 0.787. The molecule has 0 heterocycles. The second-order valence-corrected chi connectivity index (χ2v) is 5.68. The van der Waals surface area contributed by atoms with E-state index in [4.69, 9.17) is 4.74 Å². The number of carbonyl (C=O) groups excluding carboxylic acids is 1. The van der Waals surface area contributed by atoms with Crippen molar-refractivity contribution in [1.82, 2.24) is 4.90 Å². The maximum absolute atomic E-state index is 12.0. The van der Waals surface area contributed by atoms with Crippen LogP contribution in [-0.2, 0) is 15.1 Å². The van der Waals surface area contributed by atoms with Gasteiger partial charge in [0, 0.05) is 0 Å². The third kappa shape index (κ3) is 3.08. The molecule has 1 atom stereocenters. The molecule has 0 aliphatic carbocycles. The highest BCUT2D eigenvalue weighted by molar-refractivity contribution is 5.87. The molecule has 0 aliphatic heterocycles. The van der Waals surface area contributed by atoms with E-state index >= 15 is 0 Å². The molecule has 1 unspecified atom stereocenters. The molecule has 0 aliphatic rings. The molecule has 0 radical (unpaired) electrons. The van der Waals surface area contributed by atoms with Gasteiger partial charge in [-0.05, 0) is 44.3 Å². The minimum absolute atomic E-state index is 0.165. The van der Waals surface area contributed by atoms with Crippen molar-refractivity contribution in [2.45, 2.75) is 25.8 Å². The van der Waals surface area contributed by atoms with Crippen molar-refractivity contribution in [2.24, 2.45) is 0 Å². The fraction of sp³-hybridized carbons (Fsp3) is 0.389. The van der Waals surface area contributed by atoms with Gasteiger partial charge in [0.15, 0.2) is 0 Å². The second kappa shape index (κ2) is 6.27. The Kier molecular flexibility index (Phi) is 4.63. The molecule has 3 nitrogen and oxygen atoms in total. The highest BCUT2D eigenvalue weighted by Crippen LogP contribution is 2.35. The Morgan fingerprint density at radius 2 is 1.81 bits per heavy atom. The molecule has 3 heteroatoms. The van der Waals surface area contributed by atoms with Crippen LogP contribution in [0, 0.1) is 0 Å². The number of benzene rings is 2. The molecule has 2 rings (SSSR count). The van der Waals surface area contributed by atoms with Gasteiger partial charge in [-0.2, -0.15) is 0 Å². The molecule has 0 fully saturated rings. The zero-order valence-corrected chi connectivity index (χ0v) is 13.2. The summed E-state index contributed by atoms with van der Waals surface area (Å²) in [6, 6.07) is 14.5. The molecule has 0 spiro atoms. The van der Waals surface area contributed by atoms with E-state index in [1.54, 1.807) is 0 Å². The number of fused-ring (bicyclic) bond motifs is 1. The largest absolute Gasteiger partial charge is 0.466 e. The Hall–Kier alpha value is -1.87. The van der Waals surface area contributed by atoms with Crippen molar-refractivity contribution in [1.29, 1.82) is 0 Å². The average Bonchev–Trinajstić information content (AvgIpc) is 2.46. The molecule has 2 aromatic rings. The molecule has 0 N–H and O–H groups in total. The number of nitrogens with zero attached hydrogens (tertiary/aromatic N) is 1. The van der Waals surface area contributed by atoms with Gasteiger partial charge in [0.25, 0.3) is 0 Å². The lowest BCUT2D eigenvalue weighted by Gasteiger charge is -2.37. The Morgan fingerprint density at radius 1 is 1.14 bits per heavy atom. The number of hydrogen-bond donors (Lipinski definition) is 0. The molecule has 0 amide bonds. The molecule has 0 bridgehead atoms. The van der Waals surface area contributed by atoms with Gasteiger partial charge in [-0.25, -0.2) is 0 Å². The summed E-state index contributed by atoms with van der Waals surface area (Å²) in [5.74, 6) is -0.165. The van der Waals surface area contributed by atoms with Crippen molar-refractivity contribution in [3.05, 3.63) is 48.0 Å². The minimum atomic E-state index is -0.396. The van der Waals surface area contributed by atoms with Crippen molar-refractivity contribution < 1.29 is 9.53 Å². The van der Waals surface area contributed by atoms with Crippen LogP contribution in [-0.4, -0.2) is 31.6 Å². The van der Waals surface area contributed by atoms with Gasteiger partial charge in [0.1, 0.15) is 0 Å². The predicted molar refractivity (Wildman–Crippen MR) is 86.2 cm³/mol. The van der Waals surface area contributed by atoms with Gasteiger partial charge >= 0.3 is 5.97 Å². The predicted octanol–water partition coefficient (Wildman–Crippen LogP) is 3.57. The van der Waals surface area contributed by atoms with E-state index in [2.05, 4.69) is 36.1 Å². The Bertz CT molecular complexity index is 631. The Balaban J connectivity index is 2.52. The van der Waals surface area contributed by atoms with E-state index in [9.17, 15) is 4.79 Å². The van der Waals surface area contributed by atoms with Crippen LogP contribution in [0.1, 0.15) is 25.8 Å². The van der Waals surface area contributed by atoms with Crippen molar-refractivity contribution in [2.75, 3.05) is 20.7 Å². The topological polar surface area (TPSA) is 29.5 Å². The first-order valence-corrected chi connectivity index (χ1v) is 7.30. The normalized spacial score (nSPS) is 14.1. The summed E-state index contributed by atoms with van der Waals surface area (Å²) in [5, 5.41) is 2.37. The van der Waals surface area contributed by atoms with Crippen molar-refractivity contribution in [3.8, 4) is 0 Å². The van der Waals surface area contributed by atoms with Crippen LogP contribution in [0.15, 0.2) is 42.5 Å². The lowest BCUT2D eigenvalue weighted by molar-refractivity contribution is -0.146. The summed E-state index contributed by atoms with van der Waals surface area (Å²) in [5.41, 5.74) is 0.756. The number of carbonyl (C=O) groups is 1. The SMILES string of the molecule is CCOC(=O)CC(C)(c1cccc2ccccc12)N(C)C. The van der Waals surface area contributed by atoms with Gasteiger partial charge < -0.3 is 4.74 Å². The third-order valence-corrected chi connectivity index (χ3v) is 4.15. The van der Waals surface area contributed by atoms with Crippen molar-refractivity contribution >= 4 is 16.7 Å². The average molecular weight is 285 g/mol. The maximum atomic E-state index is 12.0. The van der Waals surface area contributed by atoms with Gasteiger partial charge in [-0.3, -0.25) is 9.69 Å². The first kappa shape index (κ1) is 15.5. The molecule has 0 saturated heterocycles. The van der Waals surface area contributed by atoms with E-state index in [1.165, 1.54) is 10.8 Å². The third-order valence-electron chi connectivity index (χ3n) is 4.15. The smallest absolute Gasteiger partial charge is 0.307 e. The lowest BCUT2D eigenvalue weighted by atomic mass is 9.84. The maximum Gasteiger partial charge on any atom is 0.307 e. The Labute approximate surface area is 126 Å². The molecular formula is C18H23NO2. The van der Waals surface area contributed by atoms with E-state index in [1.807, 2.05) is 39.2 Å². The second-order valence-electron chi connectivity index (χ2n) is 5.68. The molecule has 0 saturated carbocycles. The van der Waals surface area contributed by atoms with Crippen molar-refractivity contribution in [3.63, 3.8) is 0 Å². The zero-order chi connectivity index (χ0) is 15.5. The summed E-state index contributed by atoms with van der Waals surface area (Å²) in [6.45, 7) is 4.34. The summed E-state index contributed by atoms with van der Waals surface area (Å²) >= 11 is 0. The highest BCUT2D eigenvalue weighted by atomic mass is 16.5. The van der Waals surface area contributed by atoms with Crippen LogP contribution in [0.4, 0.5) is 0 Å². The molecule has 2 aromatic carbocycles. The first-order valence-electron chi connectivity index (χ1n) is 7.30. The summed E-state index contributed by atoms with van der Waals surface area (Å²) in [6.07, 6.45) is 0.335. The van der Waals surface area contributed by atoms with Crippen LogP contribution < -0.4 is 0 Å². The lowest BCUT2D eigenvalue weighted by Crippen LogP contribution is -2.41. The van der Waals surface area contributed by atoms with Gasteiger partial charge in [-0.15, -0.1) is 0 Å². The van der Waals surface area contributed by atoms with Gasteiger partial charge in [0.2, 0.25) is 0 Å². The molecule has 21 heavy (non-hydrogen) atoms. The summed E-state index contributed by atoms with van der Waals surface area (Å²) < 4.78 is 5.16. The van der Waals surface area contributed by atoms with E-state index < -0.39 is 5.54 Å². The van der Waals surface area contributed by atoms with Crippen LogP contribution >= 0.6 is 0 Å². The summed E-state index contributed by atoms with van der Waals surface area (Å²) in [4.78, 5) is 14.1. The van der Waals surface area contributed by atoms with E-state index in [-0.39, 0.29) is 5.97 Å². The van der Waals surface area contributed by atoms with Crippen LogP contribution in [0.2, 0.25) is 0 Å². The highest BCUT2D eigenvalue weighted by Gasteiger charge is 2.33. The Morgan fingerprint density at radius 3 is 2.48 bits per heavy atom. The fourth-order valence-corrected chi connectivity index (χ4v) is 2.68. The standard InChI is InChI=1S/C18H23NO2/c1-5-21-17(20)13-18(2,19(3)4)16-12-8-10-14-9-6-7-11-15(14)16/h6-12H,5,13H2,1-4H3. The van der Waals surface area contributed by atoms with Crippen LogP contribution in [0.25, 0.3) is 10.8 Å².